The standard InChI is InChI=1S/C44H62N2O18S4/c1-43(19-10-30-65(49,50)51)36-32-34(67(55,56)57)15-17-38(36)45(21-9-5-8-14-42(47)48)40(43)12-6-4-7-13-41-44(2,20-11-31-66(52,53)54)37-33-35(68(58,59)60)16-18-39(37)46(41)22-23-62-26-27-64-29-28-63-25-24-61-3/h4,6-7,12-13,15-18,32-33H,5,8-11,14,19-31H2,1-3H3,(H4-,47,48,49,50,51,52,53,54,55,56,57,58,59,60)/p+1. The fourth-order valence-electron chi connectivity index (χ4n) is 8.53. The Morgan fingerprint density at radius 3 is 1.76 bits per heavy atom. The van der Waals surface area contributed by atoms with Crippen LogP contribution in [0.2, 0.25) is 0 Å². The van der Waals surface area contributed by atoms with Crippen LogP contribution in [0.3, 0.4) is 0 Å². The molecule has 2 heterocycles. The minimum absolute atomic E-state index is 0.0243. The Morgan fingerprint density at radius 1 is 0.662 bits per heavy atom. The topological polar surface area (TPSA) is 298 Å². The van der Waals surface area contributed by atoms with Gasteiger partial charge in [0, 0.05) is 61.0 Å². The van der Waals surface area contributed by atoms with E-state index >= 15 is 0 Å². The summed E-state index contributed by atoms with van der Waals surface area (Å²) in [6.07, 6.45) is 10.2. The van der Waals surface area contributed by atoms with Gasteiger partial charge in [-0.1, -0.05) is 18.2 Å². The lowest BCUT2D eigenvalue weighted by Gasteiger charge is -2.30. The second-order valence-electron chi connectivity index (χ2n) is 16.8. The van der Waals surface area contributed by atoms with Crippen LogP contribution in [-0.2, 0) is 75.0 Å². The van der Waals surface area contributed by atoms with Crippen LogP contribution in [0.15, 0.2) is 82.3 Å². The Hall–Kier alpha value is -3.92. The zero-order valence-electron chi connectivity index (χ0n) is 38.4. The van der Waals surface area contributed by atoms with E-state index in [1.54, 1.807) is 51.3 Å². The second kappa shape index (κ2) is 24.8. The van der Waals surface area contributed by atoms with Gasteiger partial charge < -0.3 is 29.0 Å². The molecule has 0 saturated heterocycles. The minimum Gasteiger partial charge on any atom is -0.481 e. The normalized spacial score (nSPS) is 19.5. The number of benzene rings is 2. The van der Waals surface area contributed by atoms with Crippen LogP contribution in [0.4, 0.5) is 11.4 Å². The molecule has 2 aromatic carbocycles. The first-order valence-corrected chi connectivity index (χ1v) is 28.0. The highest BCUT2D eigenvalue weighted by atomic mass is 32.2. The fraction of sp³-hybridized carbons (Fsp3) is 0.545. The first-order chi connectivity index (χ1) is 31.8. The highest BCUT2D eigenvalue weighted by Gasteiger charge is 2.48. The molecule has 2 unspecified atom stereocenters. The van der Waals surface area contributed by atoms with Crippen molar-refractivity contribution in [2.45, 2.75) is 85.8 Å². The van der Waals surface area contributed by atoms with Crippen LogP contribution < -0.4 is 4.90 Å². The first-order valence-electron chi connectivity index (χ1n) is 21.9. The van der Waals surface area contributed by atoms with Crippen molar-refractivity contribution in [3.63, 3.8) is 0 Å². The number of unbranched alkanes of at least 4 members (excludes halogenated alkanes) is 2. The molecule has 2 aliphatic rings. The van der Waals surface area contributed by atoms with E-state index in [1.165, 1.54) is 36.4 Å². The lowest BCUT2D eigenvalue weighted by molar-refractivity contribution is -0.438. The summed E-state index contributed by atoms with van der Waals surface area (Å²) in [5.74, 6) is -2.09. The number of hydrogen-bond donors (Lipinski definition) is 5. The molecule has 0 radical (unpaired) electrons. The van der Waals surface area contributed by atoms with E-state index in [4.69, 9.17) is 24.1 Å². The number of ether oxygens (including phenoxy) is 4. The summed E-state index contributed by atoms with van der Waals surface area (Å²) in [5, 5.41) is 9.16. The number of carboxylic acid groups (broad SMARTS) is 1. The Morgan fingerprint density at radius 2 is 1.21 bits per heavy atom. The summed E-state index contributed by atoms with van der Waals surface area (Å²) in [4.78, 5) is 12.3. The van der Waals surface area contributed by atoms with Gasteiger partial charge in [-0.3, -0.25) is 23.0 Å². The molecular weight excluding hydrogens is 973 g/mol. The number of anilines is 1. The molecule has 68 heavy (non-hydrogen) atoms. The maximum atomic E-state index is 12.4. The maximum Gasteiger partial charge on any atom is 0.303 e. The van der Waals surface area contributed by atoms with Gasteiger partial charge in [0.25, 0.3) is 40.5 Å². The van der Waals surface area contributed by atoms with E-state index in [0.717, 1.165) is 0 Å². The van der Waals surface area contributed by atoms with Crippen molar-refractivity contribution in [3.8, 4) is 0 Å². The SMILES string of the molecule is COCCOCCOCCOCCN1/C(=C/C=C/C=C/C2=[N+](CCCCCC(=O)O)c3ccc(S(=O)(=O)O)cc3C2(C)CCCS(=O)(=O)O)C(C)(CCCS(=O)(=O)O)c2cc(S(=O)(=O)O)ccc21. The van der Waals surface area contributed by atoms with E-state index in [2.05, 4.69) is 0 Å². The van der Waals surface area contributed by atoms with Gasteiger partial charge in [-0.25, -0.2) is 0 Å². The number of allylic oxidation sites excluding steroid dienone is 6. The number of carboxylic acids is 1. The van der Waals surface area contributed by atoms with E-state index in [0.29, 0.717) is 86.1 Å². The molecule has 0 saturated carbocycles. The molecule has 4 rings (SSSR count). The van der Waals surface area contributed by atoms with Gasteiger partial charge in [-0.05, 0) is 94.3 Å². The van der Waals surface area contributed by atoms with Gasteiger partial charge in [0.15, 0.2) is 5.71 Å². The Balaban J connectivity index is 1.75. The Kier molecular flexibility index (Phi) is 20.6. The monoisotopic (exact) mass is 1040 g/mol. The van der Waals surface area contributed by atoms with Crippen molar-refractivity contribution in [2.24, 2.45) is 0 Å². The molecule has 0 aromatic heterocycles. The molecule has 2 atom stereocenters. The number of fused-ring (bicyclic) bond motifs is 2. The molecular formula is C44H63N2O18S4+. The third-order valence-corrected chi connectivity index (χ3v) is 15.1. The third-order valence-electron chi connectivity index (χ3n) is 11.8. The maximum absolute atomic E-state index is 12.4. The smallest absolute Gasteiger partial charge is 0.303 e. The van der Waals surface area contributed by atoms with Crippen molar-refractivity contribution >= 4 is 63.5 Å². The van der Waals surface area contributed by atoms with Gasteiger partial charge in [0.1, 0.15) is 6.54 Å². The number of aliphatic carboxylic acids is 1. The third kappa shape index (κ3) is 16.3. The van der Waals surface area contributed by atoms with Gasteiger partial charge >= 0.3 is 5.97 Å². The lowest BCUT2D eigenvalue weighted by Crippen LogP contribution is -2.32. The van der Waals surface area contributed by atoms with Crippen molar-refractivity contribution in [3.05, 3.63) is 83.6 Å². The molecule has 0 aliphatic carbocycles. The molecule has 0 spiro atoms. The molecule has 20 nitrogen and oxygen atoms in total. The molecule has 0 bridgehead atoms. The molecule has 2 aromatic rings. The van der Waals surface area contributed by atoms with Crippen LogP contribution in [0, 0.1) is 0 Å². The van der Waals surface area contributed by atoms with E-state index in [1.807, 2.05) is 9.48 Å². The lowest BCUT2D eigenvalue weighted by atomic mass is 9.76. The van der Waals surface area contributed by atoms with Crippen LogP contribution in [0.1, 0.15) is 76.3 Å². The second-order valence-corrected chi connectivity index (χ2v) is 22.8. The zero-order valence-corrected chi connectivity index (χ0v) is 41.6. The molecule has 24 heteroatoms. The van der Waals surface area contributed by atoms with Crippen molar-refractivity contribution in [1.29, 1.82) is 0 Å². The van der Waals surface area contributed by atoms with Crippen LogP contribution >= 0.6 is 0 Å². The van der Waals surface area contributed by atoms with Gasteiger partial charge in [0.2, 0.25) is 5.69 Å². The molecule has 0 amide bonds. The molecule has 2 aliphatic heterocycles. The number of nitrogens with zero attached hydrogens (tertiary/aromatic N) is 2. The summed E-state index contributed by atoms with van der Waals surface area (Å²) in [7, 11) is -16.5. The van der Waals surface area contributed by atoms with Gasteiger partial charge in [-0.15, -0.1) is 0 Å². The number of methoxy groups -OCH3 is 1. The van der Waals surface area contributed by atoms with Crippen molar-refractivity contribution < 1.29 is 85.3 Å². The van der Waals surface area contributed by atoms with Crippen molar-refractivity contribution in [2.75, 3.05) is 82.9 Å². The summed E-state index contributed by atoms with van der Waals surface area (Å²) in [6, 6.07) is 8.25. The van der Waals surface area contributed by atoms with Crippen LogP contribution in [0.5, 0.6) is 0 Å². The first kappa shape index (κ1) is 56.7. The quantitative estimate of drug-likeness (QED) is 0.0288. The Labute approximate surface area is 399 Å². The average molecular weight is 1040 g/mol. The average Bonchev–Trinajstić information content (AvgIpc) is 3.60. The molecule has 0 fully saturated rings. The number of hydrogen-bond acceptors (Lipinski definition) is 14. The predicted molar refractivity (Wildman–Crippen MR) is 252 cm³/mol. The van der Waals surface area contributed by atoms with Gasteiger partial charge in [0.05, 0.1) is 73.0 Å². The number of carbonyl (C=O) groups is 1. The predicted octanol–water partition coefficient (Wildman–Crippen LogP) is 4.99. The number of rotatable bonds is 31. The van der Waals surface area contributed by atoms with E-state index in [9.17, 15) is 56.7 Å². The highest BCUT2D eigenvalue weighted by molar-refractivity contribution is 7.86. The zero-order chi connectivity index (χ0) is 50.4. The van der Waals surface area contributed by atoms with Crippen LogP contribution in [0.25, 0.3) is 0 Å². The van der Waals surface area contributed by atoms with Crippen molar-refractivity contribution in [1.82, 2.24) is 0 Å². The fourth-order valence-corrected chi connectivity index (χ4v) is 10.6. The summed E-state index contributed by atoms with van der Waals surface area (Å²) < 4.78 is 160. The Bertz CT molecular complexity index is 2660. The summed E-state index contributed by atoms with van der Waals surface area (Å²) >= 11 is 0. The summed E-state index contributed by atoms with van der Waals surface area (Å²) in [5.41, 5.74) is 1.18. The molecule has 5 N–H and O–H groups in total. The van der Waals surface area contributed by atoms with Gasteiger partial charge in [-0.2, -0.15) is 38.2 Å². The van der Waals surface area contributed by atoms with E-state index < -0.39 is 68.8 Å². The summed E-state index contributed by atoms with van der Waals surface area (Å²) in [6.45, 7) is 6.50. The molecule has 380 valence electrons. The highest BCUT2D eigenvalue weighted by Crippen LogP contribution is 2.51. The largest absolute Gasteiger partial charge is 0.481 e. The minimum atomic E-state index is -4.66. The van der Waals surface area contributed by atoms with E-state index in [-0.39, 0.29) is 68.3 Å². The van der Waals surface area contributed by atoms with Crippen LogP contribution in [-0.4, -0.2) is 151 Å².